The van der Waals surface area contributed by atoms with Gasteiger partial charge in [0, 0.05) is 10.6 Å². The minimum absolute atomic E-state index is 0.0191. The Morgan fingerprint density at radius 2 is 1.73 bits per heavy atom. The third kappa shape index (κ3) is 4.82. The summed E-state index contributed by atoms with van der Waals surface area (Å²) in [6.07, 6.45) is 1.28. The lowest BCUT2D eigenvalue weighted by molar-refractivity contribution is 0.284. The second-order valence-corrected chi connectivity index (χ2v) is 8.59. The molecule has 0 spiro atoms. The van der Waals surface area contributed by atoms with Crippen LogP contribution in [0.1, 0.15) is 11.1 Å². The molecular formula is C23H18ClNO4S. The molecule has 0 atom stereocenters. The van der Waals surface area contributed by atoms with Gasteiger partial charge in [0.05, 0.1) is 12.0 Å². The zero-order valence-corrected chi connectivity index (χ0v) is 17.7. The number of ether oxygens (including phenoxy) is 2. The molecule has 30 heavy (non-hydrogen) atoms. The molecule has 3 aromatic rings. The SMILES string of the molecule is COc1cccc(/C=C(\C#N)S(=O)(=O)c2ccc(Cl)cc2)c1OCc1ccccc1. The number of nitriles is 1. The molecule has 0 aliphatic carbocycles. The van der Waals surface area contributed by atoms with Crippen molar-refractivity contribution in [1.82, 2.24) is 0 Å². The average molecular weight is 440 g/mol. The molecule has 0 aliphatic rings. The predicted octanol–water partition coefficient (Wildman–Crippen LogP) is 5.27. The van der Waals surface area contributed by atoms with Crippen LogP contribution in [-0.4, -0.2) is 15.5 Å². The number of benzene rings is 3. The van der Waals surface area contributed by atoms with Crippen LogP contribution in [0.4, 0.5) is 0 Å². The smallest absolute Gasteiger partial charge is 0.216 e. The lowest BCUT2D eigenvalue weighted by Gasteiger charge is -2.14. The van der Waals surface area contributed by atoms with E-state index < -0.39 is 14.7 Å². The molecule has 5 nitrogen and oxygen atoms in total. The molecule has 0 heterocycles. The third-order valence-electron chi connectivity index (χ3n) is 4.27. The first-order chi connectivity index (χ1) is 14.5. The topological polar surface area (TPSA) is 76.4 Å². The first kappa shape index (κ1) is 21.4. The normalized spacial score (nSPS) is 11.6. The average Bonchev–Trinajstić information content (AvgIpc) is 2.77. The Labute approximate surface area is 180 Å². The molecule has 0 bridgehead atoms. The fourth-order valence-electron chi connectivity index (χ4n) is 2.74. The van der Waals surface area contributed by atoms with E-state index in [2.05, 4.69) is 0 Å². The van der Waals surface area contributed by atoms with Crippen LogP contribution in [-0.2, 0) is 16.4 Å². The van der Waals surface area contributed by atoms with Crippen molar-refractivity contribution in [2.75, 3.05) is 7.11 Å². The molecule has 0 aliphatic heterocycles. The van der Waals surface area contributed by atoms with E-state index in [0.717, 1.165) is 5.56 Å². The molecule has 0 fully saturated rings. The first-order valence-electron chi connectivity index (χ1n) is 8.92. The van der Waals surface area contributed by atoms with E-state index >= 15 is 0 Å². The number of halogens is 1. The highest BCUT2D eigenvalue weighted by Gasteiger charge is 2.22. The van der Waals surface area contributed by atoms with Gasteiger partial charge >= 0.3 is 0 Å². The lowest BCUT2D eigenvalue weighted by atomic mass is 10.1. The second-order valence-electron chi connectivity index (χ2n) is 6.23. The van der Waals surface area contributed by atoms with E-state index in [1.165, 1.54) is 37.5 Å². The molecule has 0 N–H and O–H groups in total. The molecule has 152 valence electrons. The van der Waals surface area contributed by atoms with Crippen molar-refractivity contribution in [2.24, 2.45) is 0 Å². The first-order valence-corrected chi connectivity index (χ1v) is 10.8. The van der Waals surface area contributed by atoms with Crippen LogP contribution >= 0.6 is 11.6 Å². The summed E-state index contributed by atoms with van der Waals surface area (Å²) in [5.74, 6) is 0.781. The lowest BCUT2D eigenvalue weighted by Crippen LogP contribution is -2.04. The molecule has 3 aromatic carbocycles. The summed E-state index contributed by atoms with van der Waals surface area (Å²) in [5.41, 5.74) is 1.35. The number of allylic oxidation sites excluding steroid dienone is 1. The van der Waals surface area contributed by atoms with Crippen molar-refractivity contribution in [3.8, 4) is 17.6 Å². The quantitative estimate of drug-likeness (QED) is 0.469. The van der Waals surface area contributed by atoms with E-state index in [9.17, 15) is 13.7 Å². The summed E-state index contributed by atoms with van der Waals surface area (Å²) < 4.78 is 37.1. The Kier molecular flexibility index (Phi) is 6.78. The Morgan fingerprint density at radius 1 is 1.03 bits per heavy atom. The standard InChI is InChI=1S/C23H18ClNO4S/c1-28-22-9-5-8-18(23(22)29-16-17-6-3-2-4-7-17)14-21(15-25)30(26,27)20-12-10-19(24)11-13-20/h2-14H,16H2,1H3/b21-14+. The predicted molar refractivity (Wildman–Crippen MR) is 116 cm³/mol. The van der Waals surface area contributed by atoms with Gasteiger partial charge in [-0.2, -0.15) is 5.26 Å². The van der Waals surface area contributed by atoms with Crippen LogP contribution < -0.4 is 9.47 Å². The largest absolute Gasteiger partial charge is 0.493 e. The van der Waals surface area contributed by atoms with Gasteiger partial charge in [0.25, 0.3) is 0 Å². The molecule has 0 saturated heterocycles. The summed E-state index contributed by atoms with van der Waals surface area (Å²) in [7, 11) is -2.53. The third-order valence-corrected chi connectivity index (χ3v) is 6.20. The van der Waals surface area contributed by atoms with Crippen LogP contribution in [0.2, 0.25) is 5.02 Å². The van der Waals surface area contributed by atoms with Gasteiger partial charge in [-0.1, -0.05) is 54.1 Å². The molecular weight excluding hydrogens is 422 g/mol. The maximum Gasteiger partial charge on any atom is 0.216 e. The zero-order valence-electron chi connectivity index (χ0n) is 16.1. The Bertz CT molecular complexity index is 1200. The summed E-state index contributed by atoms with van der Waals surface area (Å²) in [5, 5.41) is 9.97. The van der Waals surface area contributed by atoms with Crippen molar-refractivity contribution in [3.05, 3.63) is 93.9 Å². The highest BCUT2D eigenvalue weighted by Crippen LogP contribution is 2.34. The van der Waals surface area contributed by atoms with Crippen LogP contribution in [0, 0.1) is 11.3 Å². The second kappa shape index (κ2) is 9.49. The van der Waals surface area contributed by atoms with Gasteiger partial charge in [-0.25, -0.2) is 8.42 Å². The number of hydrogen-bond donors (Lipinski definition) is 0. The van der Waals surface area contributed by atoms with Gasteiger partial charge < -0.3 is 9.47 Å². The minimum atomic E-state index is -4.02. The minimum Gasteiger partial charge on any atom is -0.493 e. The number of rotatable bonds is 7. The van der Waals surface area contributed by atoms with E-state index in [1.54, 1.807) is 24.3 Å². The molecule has 7 heteroatoms. The molecule has 0 aromatic heterocycles. The molecule has 3 rings (SSSR count). The van der Waals surface area contributed by atoms with Crippen molar-refractivity contribution in [3.63, 3.8) is 0 Å². The van der Waals surface area contributed by atoms with E-state index in [4.69, 9.17) is 21.1 Å². The number of methoxy groups -OCH3 is 1. The Morgan fingerprint density at radius 3 is 2.37 bits per heavy atom. The van der Waals surface area contributed by atoms with Crippen LogP contribution in [0.3, 0.4) is 0 Å². The van der Waals surface area contributed by atoms with Gasteiger partial charge in [0.2, 0.25) is 9.84 Å². The van der Waals surface area contributed by atoms with Gasteiger partial charge in [-0.15, -0.1) is 0 Å². The van der Waals surface area contributed by atoms with Gasteiger partial charge in [-0.3, -0.25) is 0 Å². The fourth-order valence-corrected chi connectivity index (χ4v) is 4.02. The van der Waals surface area contributed by atoms with Crippen LogP contribution in [0.15, 0.2) is 82.6 Å². The van der Waals surface area contributed by atoms with E-state index in [1.807, 2.05) is 30.3 Å². The fraction of sp³-hybridized carbons (Fsp3) is 0.0870. The maximum atomic E-state index is 12.9. The van der Waals surface area contributed by atoms with Crippen molar-refractivity contribution in [2.45, 2.75) is 11.5 Å². The van der Waals surface area contributed by atoms with Gasteiger partial charge in [-0.05, 0) is 42.0 Å². The van der Waals surface area contributed by atoms with Crippen molar-refractivity contribution < 1.29 is 17.9 Å². The summed E-state index contributed by atoms with van der Waals surface area (Å²) in [4.78, 5) is -0.433. The van der Waals surface area contributed by atoms with Gasteiger partial charge in [0.15, 0.2) is 11.5 Å². The maximum absolute atomic E-state index is 12.9. The number of sulfone groups is 1. The van der Waals surface area contributed by atoms with E-state index in [-0.39, 0.29) is 11.5 Å². The number of hydrogen-bond acceptors (Lipinski definition) is 5. The zero-order chi connectivity index (χ0) is 21.6. The van der Waals surface area contributed by atoms with Crippen molar-refractivity contribution >= 4 is 27.5 Å². The highest BCUT2D eigenvalue weighted by molar-refractivity contribution is 7.95. The molecule has 0 amide bonds. The Balaban J connectivity index is 2.02. The summed E-state index contributed by atoms with van der Waals surface area (Å²) in [6.45, 7) is 0.258. The number of nitrogens with zero attached hydrogens (tertiary/aromatic N) is 1. The van der Waals surface area contributed by atoms with Crippen LogP contribution in [0.5, 0.6) is 11.5 Å². The highest BCUT2D eigenvalue weighted by atomic mass is 35.5. The van der Waals surface area contributed by atoms with E-state index in [0.29, 0.717) is 22.1 Å². The molecule has 0 radical (unpaired) electrons. The van der Waals surface area contributed by atoms with Gasteiger partial charge in [0.1, 0.15) is 17.6 Å². The van der Waals surface area contributed by atoms with Crippen molar-refractivity contribution in [1.29, 1.82) is 5.26 Å². The Hall–Kier alpha value is -3.27. The van der Waals surface area contributed by atoms with Crippen LogP contribution in [0.25, 0.3) is 6.08 Å². The molecule has 0 saturated carbocycles. The monoisotopic (exact) mass is 439 g/mol. The summed E-state index contributed by atoms with van der Waals surface area (Å²) >= 11 is 5.84. The number of para-hydroxylation sites is 1. The summed E-state index contributed by atoms with van der Waals surface area (Å²) in [6, 6.07) is 22.0. The molecule has 0 unspecified atom stereocenters.